The molecule has 2 aromatic carbocycles. The van der Waals surface area contributed by atoms with E-state index in [0.29, 0.717) is 30.1 Å². The zero-order valence-electron chi connectivity index (χ0n) is 14.6. The van der Waals surface area contributed by atoms with Gasteiger partial charge in [-0.15, -0.1) is 0 Å². The first-order chi connectivity index (χ1) is 13.0. The molecule has 2 aromatic rings. The van der Waals surface area contributed by atoms with Crippen LogP contribution in [0.1, 0.15) is 12.0 Å². The fraction of sp³-hybridized carbons (Fsp3) is 0.300. The topological polar surface area (TPSA) is 65.4 Å². The van der Waals surface area contributed by atoms with E-state index in [-0.39, 0.29) is 18.4 Å². The highest BCUT2D eigenvalue weighted by molar-refractivity contribution is 5.77. The van der Waals surface area contributed by atoms with Crippen molar-refractivity contribution in [3.63, 3.8) is 0 Å². The molecule has 7 heteroatoms. The summed E-state index contributed by atoms with van der Waals surface area (Å²) in [5.41, 5.74) is 1.17. The number of benzene rings is 2. The Labute approximate surface area is 156 Å². The Morgan fingerprint density at radius 3 is 2.70 bits per heavy atom. The van der Waals surface area contributed by atoms with E-state index >= 15 is 0 Å². The van der Waals surface area contributed by atoms with Gasteiger partial charge < -0.3 is 15.0 Å². The molecule has 0 aromatic heterocycles. The molecule has 0 radical (unpaired) electrons. The average molecular weight is 371 g/mol. The molecule has 1 atom stereocenters. The van der Waals surface area contributed by atoms with Crippen molar-refractivity contribution in [2.24, 2.45) is 5.92 Å². The highest BCUT2D eigenvalue weighted by Crippen LogP contribution is 2.25. The van der Waals surface area contributed by atoms with Crippen molar-refractivity contribution in [3.05, 3.63) is 59.7 Å². The van der Waals surface area contributed by atoms with Crippen molar-refractivity contribution in [3.8, 4) is 11.8 Å². The fourth-order valence-corrected chi connectivity index (χ4v) is 3.00. The molecule has 0 saturated carbocycles. The Morgan fingerprint density at radius 2 is 2.00 bits per heavy atom. The second kappa shape index (κ2) is 8.49. The van der Waals surface area contributed by atoms with Crippen LogP contribution in [0.3, 0.4) is 0 Å². The maximum absolute atomic E-state index is 13.4. The van der Waals surface area contributed by atoms with Crippen LogP contribution in [-0.2, 0) is 4.79 Å². The molecule has 1 N–H and O–H groups in total. The number of nitrogens with one attached hydrogen (secondary N) is 1. The summed E-state index contributed by atoms with van der Waals surface area (Å²) in [6, 6.07) is 12.4. The van der Waals surface area contributed by atoms with Gasteiger partial charge in [-0.2, -0.15) is 5.26 Å². The number of hydrogen-bond acceptors (Lipinski definition) is 4. The Hall–Kier alpha value is -3.14. The first-order valence-electron chi connectivity index (χ1n) is 8.65. The monoisotopic (exact) mass is 371 g/mol. The van der Waals surface area contributed by atoms with E-state index in [1.165, 1.54) is 6.07 Å². The van der Waals surface area contributed by atoms with Crippen LogP contribution in [-0.4, -0.2) is 32.1 Å². The smallest absolute Gasteiger partial charge is 0.257 e. The SMILES string of the molecule is N#Cc1ccc(OCC(=O)NC[C@H]2CCN(c3ccc(F)c(F)c3)C2)cc1. The number of nitrogens with zero attached hydrogens (tertiary/aromatic N) is 2. The summed E-state index contributed by atoms with van der Waals surface area (Å²) in [5, 5.41) is 11.6. The molecular weight excluding hydrogens is 352 g/mol. The van der Waals surface area contributed by atoms with Crippen LogP contribution in [0, 0.1) is 28.9 Å². The summed E-state index contributed by atoms with van der Waals surface area (Å²) in [4.78, 5) is 13.9. The molecule has 5 nitrogen and oxygen atoms in total. The predicted molar refractivity (Wildman–Crippen MR) is 96.3 cm³/mol. The van der Waals surface area contributed by atoms with Crippen molar-refractivity contribution >= 4 is 11.6 Å². The standard InChI is InChI=1S/C20H19F2N3O2/c21-18-6-3-16(9-19(18)22)25-8-7-15(12-25)11-24-20(26)13-27-17-4-1-14(10-23)2-5-17/h1-6,9,15H,7-8,11-13H2,(H,24,26)/t15-/m1/s1. The number of rotatable bonds is 6. The minimum Gasteiger partial charge on any atom is -0.484 e. The molecule has 0 unspecified atom stereocenters. The summed E-state index contributed by atoms with van der Waals surface area (Å²) in [7, 11) is 0. The summed E-state index contributed by atoms with van der Waals surface area (Å²) in [6.45, 7) is 1.79. The zero-order valence-corrected chi connectivity index (χ0v) is 14.6. The number of nitriles is 1. The average Bonchev–Trinajstić information content (AvgIpc) is 3.16. The molecule has 27 heavy (non-hydrogen) atoms. The molecule has 1 aliphatic rings. The van der Waals surface area contributed by atoms with Crippen LogP contribution in [0.15, 0.2) is 42.5 Å². The number of ether oxygens (including phenoxy) is 1. The van der Waals surface area contributed by atoms with Gasteiger partial charge in [-0.05, 0) is 48.7 Å². The van der Waals surface area contributed by atoms with E-state index in [4.69, 9.17) is 10.00 Å². The molecule has 0 bridgehead atoms. The van der Waals surface area contributed by atoms with Crippen molar-refractivity contribution < 1.29 is 18.3 Å². The number of carbonyl (C=O) groups excluding carboxylic acids is 1. The van der Waals surface area contributed by atoms with Crippen LogP contribution in [0.4, 0.5) is 14.5 Å². The molecule has 0 aliphatic carbocycles. The molecule has 0 spiro atoms. The van der Waals surface area contributed by atoms with E-state index in [2.05, 4.69) is 5.32 Å². The van der Waals surface area contributed by atoms with Crippen LogP contribution in [0.25, 0.3) is 0 Å². The van der Waals surface area contributed by atoms with E-state index < -0.39 is 11.6 Å². The van der Waals surface area contributed by atoms with Gasteiger partial charge >= 0.3 is 0 Å². The Balaban J connectivity index is 1.41. The van der Waals surface area contributed by atoms with Gasteiger partial charge in [-0.25, -0.2) is 8.78 Å². The van der Waals surface area contributed by atoms with Gasteiger partial charge in [0.25, 0.3) is 5.91 Å². The molecule has 1 fully saturated rings. The first kappa shape index (κ1) is 18.6. The second-order valence-corrected chi connectivity index (χ2v) is 6.43. The van der Waals surface area contributed by atoms with E-state index in [0.717, 1.165) is 19.0 Å². The highest BCUT2D eigenvalue weighted by Gasteiger charge is 2.23. The van der Waals surface area contributed by atoms with Gasteiger partial charge in [0.15, 0.2) is 18.2 Å². The summed E-state index contributed by atoms with van der Waals surface area (Å²) < 4.78 is 31.8. The molecule has 1 aliphatic heterocycles. The maximum atomic E-state index is 13.4. The van der Waals surface area contributed by atoms with Gasteiger partial charge in [-0.1, -0.05) is 0 Å². The van der Waals surface area contributed by atoms with Crippen LogP contribution >= 0.6 is 0 Å². The van der Waals surface area contributed by atoms with E-state index in [1.807, 2.05) is 11.0 Å². The molecule has 1 heterocycles. The summed E-state index contributed by atoms with van der Waals surface area (Å²) >= 11 is 0. The van der Waals surface area contributed by atoms with Crippen LogP contribution in [0.2, 0.25) is 0 Å². The Morgan fingerprint density at radius 1 is 1.22 bits per heavy atom. The number of anilines is 1. The van der Waals surface area contributed by atoms with Crippen molar-refractivity contribution in [1.29, 1.82) is 5.26 Å². The quantitative estimate of drug-likeness (QED) is 0.848. The van der Waals surface area contributed by atoms with Gasteiger partial charge in [0.1, 0.15) is 5.75 Å². The number of halogens is 2. The molecule has 140 valence electrons. The normalized spacial score (nSPS) is 16.0. The molecular formula is C20H19F2N3O2. The first-order valence-corrected chi connectivity index (χ1v) is 8.65. The van der Waals surface area contributed by atoms with Crippen molar-refractivity contribution in [2.45, 2.75) is 6.42 Å². The summed E-state index contributed by atoms with van der Waals surface area (Å²) in [6.07, 6.45) is 0.857. The largest absolute Gasteiger partial charge is 0.484 e. The third kappa shape index (κ3) is 4.94. The minimum atomic E-state index is -0.857. The second-order valence-electron chi connectivity index (χ2n) is 6.43. The number of amides is 1. The lowest BCUT2D eigenvalue weighted by molar-refractivity contribution is -0.123. The third-order valence-electron chi connectivity index (χ3n) is 4.50. The maximum Gasteiger partial charge on any atom is 0.257 e. The zero-order chi connectivity index (χ0) is 19.2. The fourth-order valence-electron chi connectivity index (χ4n) is 3.00. The Kier molecular flexibility index (Phi) is 5.87. The van der Waals surface area contributed by atoms with Gasteiger partial charge in [0, 0.05) is 31.4 Å². The van der Waals surface area contributed by atoms with Crippen LogP contribution < -0.4 is 15.0 Å². The van der Waals surface area contributed by atoms with E-state index in [1.54, 1.807) is 30.3 Å². The molecule has 1 amide bonds. The number of hydrogen-bond donors (Lipinski definition) is 1. The lowest BCUT2D eigenvalue weighted by Gasteiger charge is -2.19. The summed E-state index contributed by atoms with van der Waals surface area (Å²) in [5.74, 6) is -1.19. The van der Waals surface area contributed by atoms with Gasteiger partial charge in [-0.3, -0.25) is 4.79 Å². The van der Waals surface area contributed by atoms with Gasteiger partial charge in [0.05, 0.1) is 11.6 Å². The predicted octanol–water partition coefficient (Wildman–Crippen LogP) is 2.86. The van der Waals surface area contributed by atoms with Crippen molar-refractivity contribution in [2.75, 3.05) is 31.1 Å². The van der Waals surface area contributed by atoms with E-state index in [9.17, 15) is 13.6 Å². The Bertz CT molecular complexity index is 849. The lowest BCUT2D eigenvalue weighted by Crippen LogP contribution is -2.34. The lowest BCUT2D eigenvalue weighted by atomic mass is 10.1. The third-order valence-corrected chi connectivity index (χ3v) is 4.50. The van der Waals surface area contributed by atoms with Crippen LogP contribution in [0.5, 0.6) is 5.75 Å². The van der Waals surface area contributed by atoms with Crippen molar-refractivity contribution in [1.82, 2.24) is 5.32 Å². The molecule has 1 saturated heterocycles. The highest BCUT2D eigenvalue weighted by atomic mass is 19.2. The minimum absolute atomic E-state index is 0.106. The number of carbonyl (C=O) groups is 1. The van der Waals surface area contributed by atoms with Gasteiger partial charge in [0.2, 0.25) is 0 Å². The molecule has 3 rings (SSSR count).